The summed E-state index contributed by atoms with van der Waals surface area (Å²) in [5, 5.41) is 12.0. The zero-order chi connectivity index (χ0) is 19.9. The minimum atomic E-state index is -0.589. The van der Waals surface area contributed by atoms with Crippen LogP contribution in [0, 0.1) is 24.1 Å². The van der Waals surface area contributed by atoms with Gasteiger partial charge in [-0.25, -0.2) is 14.4 Å². The molecule has 5 nitrogen and oxygen atoms in total. The molecule has 28 heavy (non-hydrogen) atoms. The van der Waals surface area contributed by atoms with Crippen LogP contribution in [-0.4, -0.2) is 16.6 Å². The Morgan fingerprint density at radius 3 is 2.61 bits per heavy atom. The van der Waals surface area contributed by atoms with Crippen molar-refractivity contribution in [3.05, 3.63) is 65.7 Å². The van der Waals surface area contributed by atoms with Gasteiger partial charge in [0.15, 0.2) is 11.6 Å². The summed E-state index contributed by atoms with van der Waals surface area (Å²) in [6, 6.07) is 14.1. The molecule has 3 aromatic rings. The highest BCUT2D eigenvalue weighted by Gasteiger charge is 2.16. The maximum atomic E-state index is 14.0. The van der Waals surface area contributed by atoms with Gasteiger partial charge in [-0.05, 0) is 31.5 Å². The molecule has 142 valence electrons. The van der Waals surface area contributed by atoms with Crippen LogP contribution in [0.25, 0.3) is 11.3 Å². The van der Waals surface area contributed by atoms with Crippen molar-refractivity contribution < 1.29 is 9.13 Å². The van der Waals surface area contributed by atoms with Crippen molar-refractivity contribution >= 4 is 11.5 Å². The lowest BCUT2D eigenvalue weighted by Crippen LogP contribution is -2.05. The monoisotopic (exact) mass is 376 g/mol. The summed E-state index contributed by atoms with van der Waals surface area (Å²) >= 11 is 0. The van der Waals surface area contributed by atoms with Crippen LogP contribution in [0.2, 0.25) is 0 Å². The normalized spacial score (nSPS) is 10.4. The number of nitrogens with zero attached hydrogens (tertiary/aromatic N) is 3. The van der Waals surface area contributed by atoms with Crippen LogP contribution in [0.3, 0.4) is 0 Å². The molecule has 1 heterocycles. The van der Waals surface area contributed by atoms with Gasteiger partial charge in [-0.3, -0.25) is 0 Å². The summed E-state index contributed by atoms with van der Waals surface area (Å²) in [5.41, 5.74) is 3.20. The molecule has 0 fully saturated rings. The van der Waals surface area contributed by atoms with Crippen molar-refractivity contribution in [3.8, 4) is 23.1 Å². The summed E-state index contributed by atoms with van der Waals surface area (Å²) in [6.07, 6.45) is 3.34. The second kappa shape index (κ2) is 8.96. The Morgan fingerprint density at radius 1 is 1.14 bits per heavy atom. The second-order valence-corrected chi connectivity index (χ2v) is 6.40. The molecule has 0 aliphatic carbocycles. The van der Waals surface area contributed by atoms with Gasteiger partial charge >= 0.3 is 0 Å². The van der Waals surface area contributed by atoms with E-state index < -0.39 is 5.82 Å². The highest BCUT2D eigenvalue weighted by Crippen LogP contribution is 2.35. The fourth-order valence-corrected chi connectivity index (χ4v) is 2.66. The average molecular weight is 376 g/mol. The maximum Gasteiger partial charge on any atom is 0.188 e. The van der Waals surface area contributed by atoms with Gasteiger partial charge in [-0.2, -0.15) is 5.26 Å². The van der Waals surface area contributed by atoms with Crippen LogP contribution in [0.1, 0.15) is 30.9 Å². The third-order valence-electron chi connectivity index (χ3n) is 4.23. The van der Waals surface area contributed by atoms with Crippen LogP contribution < -0.4 is 10.1 Å². The van der Waals surface area contributed by atoms with Crippen molar-refractivity contribution in [2.45, 2.75) is 26.7 Å². The Kier molecular flexibility index (Phi) is 6.18. The zero-order valence-corrected chi connectivity index (χ0v) is 15.9. The Morgan fingerprint density at radius 2 is 1.93 bits per heavy atom. The lowest BCUT2D eigenvalue weighted by molar-refractivity contribution is 0.310. The van der Waals surface area contributed by atoms with Crippen molar-refractivity contribution in [1.29, 1.82) is 5.26 Å². The number of aryl methyl sites for hydroxylation is 1. The van der Waals surface area contributed by atoms with Gasteiger partial charge in [-0.1, -0.05) is 43.2 Å². The largest absolute Gasteiger partial charge is 0.488 e. The van der Waals surface area contributed by atoms with Crippen LogP contribution in [-0.2, 0) is 0 Å². The summed E-state index contributed by atoms with van der Waals surface area (Å²) < 4.78 is 20.0. The van der Waals surface area contributed by atoms with E-state index in [4.69, 9.17) is 10.00 Å². The Balaban J connectivity index is 1.99. The average Bonchev–Trinajstić information content (AvgIpc) is 2.70. The van der Waals surface area contributed by atoms with E-state index in [1.807, 2.05) is 37.3 Å². The van der Waals surface area contributed by atoms with Crippen molar-refractivity contribution in [1.82, 2.24) is 9.97 Å². The lowest BCUT2D eigenvalue weighted by atomic mass is 10.1. The standard InChI is InChI=1S/C22H21FN4O/c1-3-4-11-28-21-20(16-7-5-15(2)6-8-16)25-14-26-22(21)27-18-10-9-17(13-24)19(23)12-18/h5-10,12,14H,3-4,11H2,1-2H3,(H,25,26,27). The molecule has 0 unspecified atom stereocenters. The fraction of sp³-hybridized carbons (Fsp3) is 0.227. The van der Waals surface area contributed by atoms with Crippen molar-refractivity contribution in [3.63, 3.8) is 0 Å². The first-order valence-corrected chi connectivity index (χ1v) is 9.14. The zero-order valence-electron chi connectivity index (χ0n) is 15.9. The summed E-state index contributed by atoms with van der Waals surface area (Å²) in [5.74, 6) is 0.379. The molecule has 0 radical (unpaired) electrons. The summed E-state index contributed by atoms with van der Waals surface area (Å²) in [4.78, 5) is 8.71. The minimum Gasteiger partial charge on any atom is -0.488 e. The Bertz CT molecular complexity index is 996. The number of benzene rings is 2. The highest BCUT2D eigenvalue weighted by molar-refractivity contribution is 5.75. The van der Waals surface area contributed by atoms with Crippen LogP contribution in [0.4, 0.5) is 15.9 Å². The van der Waals surface area contributed by atoms with E-state index in [9.17, 15) is 4.39 Å². The maximum absolute atomic E-state index is 14.0. The molecule has 0 aliphatic rings. The SMILES string of the molecule is CCCCOc1c(Nc2ccc(C#N)c(F)c2)ncnc1-c1ccc(C)cc1. The predicted octanol–water partition coefficient (Wildman–Crippen LogP) is 5.39. The van der Waals surface area contributed by atoms with Gasteiger partial charge in [0.2, 0.25) is 0 Å². The number of unbranched alkanes of at least 4 members (excludes halogenated alkanes) is 1. The van der Waals surface area contributed by atoms with Crippen LogP contribution in [0.15, 0.2) is 48.8 Å². The Hall–Kier alpha value is -3.46. The Labute approximate surface area is 163 Å². The number of hydrogen-bond donors (Lipinski definition) is 1. The number of hydrogen-bond acceptors (Lipinski definition) is 5. The third-order valence-corrected chi connectivity index (χ3v) is 4.23. The van der Waals surface area contributed by atoms with Gasteiger partial charge in [0.05, 0.1) is 12.2 Å². The number of ether oxygens (including phenoxy) is 1. The number of nitriles is 1. The molecular formula is C22H21FN4O. The van der Waals surface area contributed by atoms with Gasteiger partial charge in [0.25, 0.3) is 0 Å². The molecule has 2 aromatic carbocycles. The fourth-order valence-electron chi connectivity index (χ4n) is 2.66. The molecule has 0 aliphatic heterocycles. The van der Waals surface area contributed by atoms with E-state index in [2.05, 4.69) is 22.2 Å². The summed E-state index contributed by atoms with van der Waals surface area (Å²) in [7, 11) is 0. The van der Waals surface area contributed by atoms with Gasteiger partial charge in [-0.15, -0.1) is 0 Å². The van der Waals surface area contributed by atoms with Gasteiger partial charge in [0, 0.05) is 11.3 Å². The second-order valence-electron chi connectivity index (χ2n) is 6.40. The van der Waals surface area contributed by atoms with Crippen molar-refractivity contribution in [2.75, 3.05) is 11.9 Å². The van der Waals surface area contributed by atoms with E-state index in [1.54, 1.807) is 6.07 Å². The first-order valence-electron chi connectivity index (χ1n) is 9.14. The quantitative estimate of drug-likeness (QED) is 0.560. The molecule has 3 rings (SSSR count). The third kappa shape index (κ3) is 4.44. The van der Waals surface area contributed by atoms with Crippen LogP contribution in [0.5, 0.6) is 5.75 Å². The number of halogens is 1. The molecule has 6 heteroatoms. The molecule has 0 spiro atoms. The van der Waals surface area contributed by atoms with E-state index in [0.717, 1.165) is 24.0 Å². The molecule has 0 atom stereocenters. The van der Waals surface area contributed by atoms with Gasteiger partial charge < -0.3 is 10.1 Å². The van der Waals surface area contributed by atoms with E-state index >= 15 is 0 Å². The number of nitrogens with one attached hydrogen (secondary N) is 1. The summed E-state index contributed by atoms with van der Waals surface area (Å²) in [6.45, 7) is 4.64. The first-order chi connectivity index (χ1) is 13.6. The van der Waals surface area contributed by atoms with E-state index in [0.29, 0.717) is 29.6 Å². The van der Waals surface area contributed by atoms with E-state index in [-0.39, 0.29) is 5.56 Å². The minimum absolute atomic E-state index is 0.00648. The topological polar surface area (TPSA) is 70.8 Å². The van der Waals surface area contributed by atoms with Crippen molar-refractivity contribution in [2.24, 2.45) is 0 Å². The first kappa shape index (κ1) is 19.3. The lowest BCUT2D eigenvalue weighted by Gasteiger charge is -2.16. The predicted molar refractivity (Wildman–Crippen MR) is 107 cm³/mol. The smallest absolute Gasteiger partial charge is 0.188 e. The highest BCUT2D eigenvalue weighted by atomic mass is 19.1. The molecule has 0 bridgehead atoms. The van der Waals surface area contributed by atoms with E-state index in [1.165, 1.54) is 18.5 Å². The van der Waals surface area contributed by atoms with Gasteiger partial charge in [0.1, 0.15) is 23.9 Å². The molecule has 0 saturated carbocycles. The molecule has 0 amide bonds. The number of rotatable bonds is 7. The number of anilines is 2. The molecule has 1 aromatic heterocycles. The molecular weight excluding hydrogens is 355 g/mol. The molecule has 0 saturated heterocycles. The van der Waals surface area contributed by atoms with Crippen LogP contribution >= 0.6 is 0 Å². The number of aromatic nitrogens is 2. The molecule has 1 N–H and O–H groups in total.